The molecule has 9 heteroatoms. The zero-order chi connectivity index (χ0) is 21.3. The van der Waals surface area contributed by atoms with Gasteiger partial charge in [0.05, 0.1) is 11.4 Å². The molecular weight excluding hydrogens is 385 g/mol. The molecular formula is C21H18FN7O. The second-order valence-electron chi connectivity index (χ2n) is 6.71. The van der Waals surface area contributed by atoms with Gasteiger partial charge in [0.25, 0.3) is 0 Å². The lowest BCUT2D eigenvalue weighted by Crippen LogP contribution is -2.06. The number of hydrogen-bond acceptors (Lipinski definition) is 7. The van der Waals surface area contributed by atoms with Crippen LogP contribution in [0.2, 0.25) is 0 Å². The van der Waals surface area contributed by atoms with Gasteiger partial charge in [0.15, 0.2) is 11.6 Å². The third-order valence-electron chi connectivity index (χ3n) is 4.72. The number of nitrogen functional groups attached to an aromatic ring is 1. The minimum Gasteiger partial charge on any atom is -0.485 e. The van der Waals surface area contributed by atoms with Crippen molar-refractivity contribution in [1.29, 1.82) is 5.26 Å². The smallest absolute Gasteiger partial charge is 0.166 e. The number of aromatic nitrogens is 3. The van der Waals surface area contributed by atoms with Crippen molar-refractivity contribution in [3.63, 3.8) is 0 Å². The van der Waals surface area contributed by atoms with E-state index in [1.54, 1.807) is 31.5 Å². The molecule has 2 aromatic heterocycles. The summed E-state index contributed by atoms with van der Waals surface area (Å²) in [5, 5.41) is 14.2. The molecule has 0 radical (unpaired) electrons. The maximum atomic E-state index is 13.9. The second-order valence-corrected chi connectivity index (χ2v) is 6.71. The van der Waals surface area contributed by atoms with Crippen LogP contribution in [0.5, 0.6) is 5.75 Å². The number of nitrogens with zero attached hydrogens (tertiary/aromatic N) is 5. The van der Waals surface area contributed by atoms with E-state index in [-0.39, 0.29) is 12.4 Å². The van der Waals surface area contributed by atoms with Crippen LogP contribution in [-0.4, -0.2) is 20.5 Å². The van der Waals surface area contributed by atoms with Crippen LogP contribution in [0.25, 0.3) is 11.1 Å². The van der Waals surface area contributed by atoms with Crippen LogP contribution >= 0.6 is 0 Å². The minimum atomic E-state index is -0.402. The number of hydrogen-bond donors (Lipinski definition) is 2. The van der Waals surface area contributed by atoms with Gasteiger partial charge in [-0.25, -0.2) is 9.37 Å². The molecule has 0 amide bonds. The third-order valence-corrected chi connectivity index (χ3v) is 4.72. The summed E-state index contributed by atoms with van der Waals surface area (Å²) in [6, 6.07) is 8.15. The Kier molecular flexibility index (Phi) is 4.90. The number of pyridine rings is 1. The maximum absolute atomic E-state index is 13.9. The molecule has 3 aromatic rings. The lowest BCUT2D eigenvalue weighted by atomic mass is 10.0. The van der Waals surface area contributed by atoms with Gasteiger partial charge in [-0.2, -0.15) is 10.4 Å². The summed E-state index contributed by atoms with van der Waals surface area (Å²) < 4.78 is 21.2. The molecule has 3 heterocycles. The van der Waals surface area contributed by atoms with E-state index in [4.69, 9.17) is 16.2 Å². The Morgan fingerprint density at radius 3 is 2.93 bits per heavy atom. The fraction of sp³-hybridized carbons (Fsp3) is 0.143. The quantitative estimate of drug-likeness (QED) is 0.643. The van der Waals surface area contributed by atoms with Crippen molar-refractivity contribution in [2.75, 3.05) is 5.73 Å². The molecule has 0 spiro atoms. The number of aliphatic imine (C=N–C) groups is 1. The largest absolute Gasteiger partial charge is 0.485 e. The summed E-state index contributed by atoms with van der Waals surface area (Å²) in [6.45, 7) is 0.0382. The molecule has 0 saturated heterocycles. The Labute approximate surface area is 171 Å². The molecule has 1 aliphatic rings. The van der Waals surface area contributed by atoms with Crippen LogP contribution in [-0.2, 0) is 20.1 Å². The lowest BCUT2D eigenvalue weighted by molar-refractivity contribution is 0.307. The van der Waals surface area contributed by atoms with Crippen molar-refractivity contribution < 1.29 is 9.13 Å². The number of nitrogens with two attached hydrogens (primary N) is 2. The van der Waals surface area contributed by atoms with Crippen molar-refractivity contribution in [3.05, 3.63) is 65.5 Å². The van der Waals surface area contributed by atoms with Crippen molar-refractivity contribution in [3.8, 4) is 22.9 Å². The SMILES string of the molecule is Cn1nc2c(c1C#N)-c1cnc(N)c(c1)OCc1cc(F)ccc1N=C(C=CN)C2. The van der Waals surface area contributed by atoms with Crippen molar-refractivity contribution in [1.82, 2.24) is 14.8 Å². The molecule has 0 saturated carbocycles. The fourth-order valence-corrected chi connectivity index (χ4v) is 3.35. The number of benzene rings is 1. The molecule has 4 N–H and O–H groups in total. The monoisotopic (exact) mass is 403 g/mol. The van der Waals surface area contributed by atoms with Crippen LogP contribution in [0.15, 0.2) is 47.7 Å². The number of aryl methyl sites for hydroxylation is 1. The third kappa shape index (κ3) is 3.46. The van der Waals surface area contributed by atoms with Crippen LogP contribution in [0, 0.1) is 17.1 Å². The predicted molar refractivity (Wildman–Crippen MR) is 110 cm³/mol. The number of allylic oxidation sites excluding steroid dienone is 1. The topological polar surface area (TPSA) is 128 Å². The summed E-state index contributed by atoms with van der Waals surface area (Å²) in [5.74, 6) is 0.113. The van der Waals surface area contributed by atoms with Crippen molar-refractivity contribution in [2.24, 2.45) is 17.8 Å². The summed E-state index contributed by atoms with van der Waals surface area (Å²) in [6.07, 6.45) is 4.90. The first-order chi connectivity index (χ1) is 14.5. The number of nitriles is 1. The fourth-order valence-electron chi connectivity index (χ4n) is 3.35. The Bertz CT molecular complexity index is 1240. The van der Waals surface area contributed by atoms with Crippen molar-refractivity contribution in [2.45, 2.75) is 13.0 Å². The van der Waals surface area contributed by atoms with Gasteiger partial charge in [-0.15, -0.1) is 0 Å². The Hall–Kier alpha value is -4.19. The zero-order valence-electron chi connectivity index (χ0n) is 16.1. The summed E-state index contributed by atoms with van der Waals surface area (Å²) >= 11 is 0. The van der Waals surface area contributed by atoms with E-state index in [2.05, 4.69) is 21.1 Å². The highest BCUT2D eigenvalue weighted by Gasteiger charge is 2.21. The van der Waals surface area contributed by atoms with Gasteiger partial charge in [-0.3, -0.25) is 9.67 Å². The maximum Gasteiger partial charge on any atom is 0.166 e. The Morgan fingerprint density at radius 2 is 2.17 bits per heavy atom. The van der Waals surface area contributed by atoms with E-state index in [1.807, 2.05) is 0 Å². The molecule has 0 atom stereocenters. The standard InChI is InChI=1S/C21H18FN7O/c1-29-18(9-24)20-12-7-19(21(25)26-10-12)30-11-13-6-14(22)2-3-16(13)27-15(4-5-23)8-17(20)28-29/h2-7,10H,8,11,23H2,1H3,(H2,25,26). The minimum absolute atomic E-state index is 0.0382. The number of ether oxygens (including phenoxy) is 1. The Morgan fingerprint density at radius 1 is 1.33 bits per heavy atom. The summed E-state index contributed by atoms with van der Waals surface area (Å²) in [4.78, 5) is 8.86. The van der Waals surface area contributed by atoms with Gasteiger partial charge in [0.2, 0.25) is 0 Å². The highest BCUT2D eigenvalue weighted by Crippen LogP contribution is 2.34. The van der Waals surface area contributed by atoms with E-state index in [9.17, 15) is 9.65 Å². The van der Waals surface area contributed by atoms with E-state index in [1.165, 1.54) is 23.0 Å². The number of halogens is 1. The van der Waals surface area contributed by atoms with E-state index >= 15 is 0 Å². The van der Waals surface area contributed by atoms with Crippen LogP contribution in [0.4, 0.5) is 15.9 Å². The number of fused-ring (bicyclic) bond motifs is 5. The normalized spacial score (nSPS) is 13.3. The average Bonchev–Trinajstić information content (AvgIpc) is 3.03. The molecule has 0 fully saturated rings. The molecule has 1 aliphatic heterocycles. The van der Waals surface area contributed by atoms with Gasteiger partial charge < -0.3 is 16.2 Å². The van der Waals surface area contributed by atoms with Crippen LogP contribution in [0.3, 0.4) is 0 Å². The van der Waals surface area contributed by atoms with E-state index < -0.39 is 5.82 Å². The second kappa shape index (κ2) is 7.67. The predicted octanol–water partition coefficient (Wildman–Crippen LogP) is 2.76. The van der Waals surface area contributed by atoms with Gasteiger partial charge in [-0.05, 0) is 36.5 Å². The molecule has 1 aromatic carbocycles. The molecule has 150 valence electrons. The molecule has 30 heavy (non-hydrogen) atoms. The van der Waals surface area contributed by atoms with Gasteiger partial charge in [-0.1, -0.05) is 0 Å². The van der Waals surface area contributed by atoms with E-state index in [0.717, 1.165) is 0 Å². The van der Waals surface area contributed by atoms with Crippen molar-refractivity contribution >= 4 is 17.2 Å². The zero-order valence-corrected chi connectivity index (χ0v) is 16.1. The number of rotatable bonds is 1. The van der Waals surface area contributed by atoms with Crippen LogP contribution < -0.4 is 16.2 Å². The molecule has 8 nitrogen and oxygen atoms in total. The van der Waals surface area contributed by atoms with Crippen LogP contribution in [0.1, 0.15) is 17.0 Å². The Balaban J connectivity index is 1.99. The molecule has 2 bridgehead atoms. The first-order valence-corrected chi connectivity index (χ1v) is 9.09. The van der Waals surface area contributed by atoms with Gasteiger partial charge in [0, 0.05) is 42.1 Å². The molecule has 0 aliphatic carbocycles. The first kappa shape index (κ1) is 19.1. The van der Waals surface area contributed by atoms with E-state index in [0.29, 0.717) is 51.6 Å². The summed E-state index contributed by atoms with van der Waals surface area (Å²) in [5.41, 5.74) is 15.5. The summed E-state index contributed by atoms with van der Waals surface area (Å²) in [7, 11) is 1.69. The highest BCUT2D eigenvalue weighted by atomic mass is 19.1. The number of anilines is 1. The van der Waals surface area contributed by atoms with Gasteiger partial charge in [0.1, 0.15) is 24.2 Å². The van der Waals surface area contributed by atoms with Gasteiger partial charge >= 0.3 is 0 Å². The average molecular weight is 403 g/mol. The lowest BCUT2D eigenvalue weighted by Gasteiger charge is -2.14. The molecule has 4 rings (SSSR count). The first-order valence-electron chi connectivity index (χ1n) is 9.09. The molecule has 0 unspecified atom stereocenters. The highest BCUT2D eigenvalue weighted by molar-refractivity contribution is 5.99.